The molecule has 6 rings (SSSR count). The van der Waals surface area contributed by atoms with Gasteiger partial charge in [-0.2, -0.15) is 9.97 Å². The Balaban J connectivity index is 1.31. The highest BCUT2D eigenvalue weighted by molar-refractivity contribution is 14.1. The molecule has 0 radical (unpaired) electrons. The summed E-state index contributed by atoms with van der Waals surface area (Å²) >= 11 is 1.57. The number of pyridine rings is 1. The highest BCUT2D eigenvalue weighted by Crippen LogP contribution is 2.46. The van der Waals surface area contributed by atoms with Crippen molar-refractivity contribution in [2.75, 3.05) is 42.6 Å². The number of esters is 1. The molecule has 2 aliphatic rings. The normalized spacial score (nSPS) is 19.0. The van der Waals surface area contributed by atoms with Gasteiger partial charge in [0.2, 0.25) is 5.95 Å². The lowest BCUT2D eigenvalue weighted by molar-refractivity contribution is -0.152. The minimum Gasteiger partial charge on any atom is -0.458 e. The number of benzene rings is 2. The van der Waals surface area contributed by atoms with E-state index in [-0.39, 0.29) is 12.6 Å². The van der Waals surface area contributed by atoms with E-state index < -0.39 is 9.64 Å². The number of nitrogens with zero attached hydrogens (tertiary/aromatic N) is 5. The van der Waals surface area contributed by atoms with Gasteiger partial charge in [0.15, 0.2) is 5.65 Å². The van der Waals surface area contributed by atoms with Gasteiger partial charge in [0.1, 0.15) is 12.4 Å². The second-order valence-electron chi connectivity index (χ2n) is 9.90. The van der Waals surface area contributed by atoms with Crippen LogP contribution >= 0.6 is 22.6 Å². The van der Waals surface area contributed by atoms with Crippen LogP contribution in [-0.2, 0) is 24.6 Å². The van der Waals surface area contributed by atoms with Crippen LogP contribution in [0.25, 0.3) is 11.0 Å². The van der Waals surface area contributed by atoms with Crippen molar-refractivity contribution in [2.45, 2.75) is 29.2 Å². The van der Waals surface area contributed by atoms with E-state index in [0.717, 1.165) is 54.9 Å². The molecule has 2 atom stereocenters. The zero-order chi connectivity index (χ0) is 27.5. The van der Waals surface area contributed by atoms with Crippen molar-refractivity contribution in [1.29, 1.82) is 0 Å². The van der Waals surface area contributed by atoms with Crippen LogP contribution in [0.1, 0.15) is 35.6 Å². The van der Waals surface area contributed by atoms with Gasteiger partial charge in [0.25, 0.3) is 3.68 Å². The molecule has 0 amide bonds. The number of anilines is 2. The smallest absolute Gasteiger partial charge is 0.359 e. The lowest BCUT2D eigenvalue weighted by Gasteiger charge is -2.44. The maximum absolute atomic E-state index is 16.3. The van der Waals surface area contributed by atoms with Crippen molar-refractivity contribution in [3.8, 4) is 0 Å². The van der Waals surface area contributed by atoms with E-state index in [2.05, 4.69) is 14.8 Å². The monoisotopic (exact) mass is 653 g/mol. The van der Waals surface area contributed by atoms with Gasteiger partial charge in [-0.05, 0) is 58.7 Å². The lowest BCUT2D eigenvalue weighted by atomic mass is 9.89. The number of hydrogen-bond donors (Lipinski definition) is 0. The summed E-state index contributed by atoms with van der Waals surface area (Å²) in [6, 6.07) is 20.1. The SMILES string of the molecule is O=C(OCc1ccccc1)C(F)(I)c1ccccc1C1CCN1c1nc(N2CCCOCC2)nc2ncccc12. The third kappa shape index (κ3) is 5.34. The highest BCUT2D eigenvalue weighted by atomic mass is 127. The minimum atomic E-state index is -2.35. The molecule has 2 unspecified atom stereocenters. The van der Waals surface area contributed by atoms with E-state index in [4.69, 9.17) is 19.4 Å². The van der Waals surface area contributed by atoms with E-state index in [9.17, 15) is 4.79 Å². The molecule has 206 valence electrons. The molecule has 0 saturated carbocycles. The van der Waals surface area contributed by atoms with Crippen LogP contribution in [0.5, 0.6) is 0 Å². The van der Waals surface area contributed by atoms with Crippen molar-refractivity contribution < 1.29 is 18.7 Å². The Morgan fingerprint density at radius 3 is 2.67 bits per heavy atom. The number of halogens is 2. The molecule has 4 heterocycles. The summed E-state index contributed by atoms with van der Waals surface area (Å²) in [7, 11) is 0. The Hall–Kier alpha value is -3.38. The van der Waals surface area contributed by atoms with E-state index >= 15 is 4.39 Å². The van der Waals surface area contributed by atoms with Crippen LogP contribution in [-0.4, -0.2) is 53.8 Å². The maximum atomic E-state index is 16.3. The van der Waals surface area contributed by atoms with Crippen molar-refractivity contribution in [1.82, 2.24) is 15.0 Å². The molecule has 0 spiro atoms. The van der Waals surface area contributed by atoms with Crippen molar-refractivity contribution in [2.24, 2.45) is 0 Å². The molecular weight excluding hydrogens is 624 g/mol. The Labute approximate surface area is 245 Å². The van der Waals surface area contributed by atoms with Crippen LogP contribution in [0.4, 0.5) is 16.2 Å². The Bertz CT molecular complexity index is 1500. The van der Waals surface area contributed by atoms with Gasteiger partial charge in [-0.3, -0.25) is 0 Å². The van der Waals surface area contributed by atoms with Gasteiger partial charge < -0.3 is 19.3 Å². The summed E-state index contributed by atoms with van der Waals surface area (Å²) < 4.78 is 25.0. The molecule has 0 N–H and O–H groups in total. The fourth-order valence-corrected chi connectivity index (χ4v) is 5.85. The van der Waals surface area contributed by atoms with Crippen LogP contribution in [0, 0.1) is 0 Å². The van der Waals surface area contributed by atoms with Gasteiger partial charge in [-0.15, -0.1) is 0 Å². The fourth-order valence-electron chi connectivity index (χ4n) is 5.20. The Morgan fingerprint density at radius 2 is 1.85 bits per heavy atom. The number of hydrogen-bond acceptors (Lipinski definition) is 8. The van der Waals surface area contributed by atoms with Crippen molar-refractivity contribution in [3.05, 3.63) is 89.6 Å². The second-order valence-corrected chi connectivity index (χ2v) is 11.4. The van der Waals surface area contributed by atoms with Gasteiger partial charge in [-0.1, -0.05) is 54.6 Å². The molecule has 0 aliphatic carbocycles. The number of ether oxygens (including phenoxy) is 2. The molecule has 2 aromatic heterocycles. The number of rotatable bonds is 7. The molecule has 2 aliphatic heterocycles. The third-order valence-electron chi connectivity index (χ3n) is 7.36. The predicted molar refractivity (Wildman–Crippen MR) is 159 cm³/mol. The highest BCUT2D eigenvalue weighted by Gasteiger charge is 2.44. The molecule has 2 saturated heterocycles. The zero-order valence-corrected chi connectivity index (χ0v) is 24.0. The molecule has 4 aromatic rings. The van der Waals surface area contributed by atoms with E-state index in [1.807, 2.05) is 54.6 Å². The summed E-state index contributed by atoms with van der Waals surface area (Å²) in [6.07, 6.45) is 3.42. The average molecular weight is 653 g/mol. The molecule has 0 bridgehead atoms. The second kappa shape index (κ2) is 11.6. The number of carbonyl (C=O) groups is 1. The zero-order valence-electron chi connectivity index (χ0n) is 21.9. The lowest BCUT2D eigenvalue weighted by Crippen LogP contribution is -2.43. The first-order valence-corrected chi connectivity index (χ1v) is 14.5. The number of alkyl halides is 2. The Morgan fingerprint density at radius 1 is 1.02 bits per heavy atom. The van der Waals surface area contributed by atoms with Crippen LogP contribution in [0.15, 0.2) is 72.9 Å². The van der Waals surface area contributed by atoms with Crippen LogP contribution in [0.3, 0.4) is 0 Å². The Kier molecular flexibility index (Phi) is 7.79. The van der Waals surface area contributed by atoms with E-state index in [1.54, 1.807) is 40.9 Å². The average Bonchev–Trinajstić information content (AvgIpc) is 3.26. The quantitative estimate of drug-likeness (QED) is 0.147. The summed E-state index contributed by atoms with van der Waals surface area (Å²) in [6.45, 7) is 3.59. The summed E-state index contributed by atoms with van der Waals surface area (Å²) in [5.74, 6) is 0.454. The van der Waals surface area contributed by atoms with Crippen molar-refractivity contribution >= 4 is 51.4 Å². The van der Waals surface area contributed by atoms with Gasteiger partial charge in [-0.25, -0.2) is 14.2 Å². The first-order chi connectivity index (χ1) is 19.5. The molecule has 2 aromatic carbocycles. The number of carbonyl (C=O) groups excluding carboxylic acids is 1. The number of aromatic nitrogens is 3. The van der Waals surface area contributed by atoms with Gasteiger partial charge in [0, 0.05) is 38.0 Å². The van der Waals surface area contributed by atoms with Crippen LogP contribution < -0.4 is 9.80 Å². The van der Waals surface area contributed by atoms with E-state index in [1.165, 1.54) is 0 Å². The standard InChI is InChI=1S/C30H29FIN5O3/c31-30(32,28(38)40-20-21-8-2-1-3-9-21)24-12-5-4-10-22(24)25-13-16-37(25)27-23-11-6-14-33-26(23)34-29(35-27)36-15-7-18-39-19-17-36/h1-6,8-12,14,25H,7,13,15-20H2. The minimum absolute atomic E-state index is 0.0102. The molecule has 8 nitrogen and oxygen atoms in total. The summed E-state index contributed by atoms with van der Waals surface area (Å²) in [5.41, 5.74) is 2.45. The maximum Gasteiger partial charge on any atom is 0.359 e. The summed E-state index contributed by atoms with van der Waals surface area (Å²) in [4.78, 5) is 31.6. The van der Waals surface area contributed by atoms with Gasteiger partial charge in [0.05, 0.1) is 18.0 Å². The third-order valence-corrected chi connectivity index (χ3v) is 8.38. The van der Waals surface area contributed by atoms with Gasteiger partial charge >= 0.3 is 5.97 Å². The van der Waals surface area contributed by atoms with Crippen molar-refractivity contribution in [3.63, 3.8) is 0 Å². The molecule has 2 fully saturated rings. The van der Waals surface area contributed by atoms with Crippen LogP contribution in [0.2, 0.25) is 0 Å². The molecular formula is C30H29FIN5O3. The number of fused-ring (bicyclic) bond motifs is 1. The first-order valence-electron chi connectivity index (χ1n) is 13.4. The fraction of sp³-hybridized carbons (Fsp3) is 0.333. The largest absolute Gasteiger partial charge is 0.458 e. The van der Waals surface area contributed by atoms with E-state index in [0.29, 0.717) is 30.3 Å². The topological polar surface area (TPSA) is 80.7 Å². The molecule has 40 heavy (non-hydrogen) atoms. The predicted octanol–water partition coefficient (Wildman–Crippen LogP) is 5.50. The summed E-state index contributed by atoms with van der Waals surface area (Å²) in [5, 5.41) is 0.836. The first kappa shape index (κ1) is 26.8. The molecule has 10 heteroatoms.